The van der Waals surface area contributed by atoms with Crippen LogP contribution in [0.1, 0.15) is 26.7 Å². The van der Waals surface area contributed by atoms with Crippen molar-refractivity contribution in [3.8, 4) is 0 Å². The molecule has 66 valence electrons. The highest BCUT2D eigenvalue weighted by atomic mass is 19.3. The van der Waals surface area contributed by atoms with Gasteiger partial charge < -0.3 is 4.90 Å². The second-order valence-electron chi connectivity index (χ2n) is 3.67. The molecule has 0 spiro atoms. The summed E-state index contributed by atoms with van der Waals surface area (Å²) in [6.45, 7) is 5.42. The Morgan fingerprint density at radius 3 is 2.00 bits per heavy atom. The van der Waals surface area contributed by atoms with Gasteiger partial charge in [0.2, 0.25) is 0 Å². The Morgan fingerprint density at radius 1 is 1.18 bits per heavy atom. The third-order valence-corrected chi connectivity index (χ3v) is 2.44. The molecule has 0 aliphatic carbocycles. The molecule has 0 radical (unpaired) electrons. The fourth-order valence-corrected chi connectivity index (χ4v) is 1.51. The van der Waals surface area contributed by atoms with Gasteiger partial charge in [-0.25, -0.2) is 8.78 Å². The van der Waals surface area contributed by atoms with Crippen LogP contribution in [-0.2, 0) is 0 Å². The fraction of sp³-hybridized carbons (Fsp3) is 1.00. The molecule has 0 aromatic heterocycles. The molecule has 1 N–H and O–H groups in total. The molecule has 0 atom stereocenters. The first kappa shape index (κ1) is 8.91. The lowest BCUT2D eigenvalue weighted by Gasteiger charge is -2.31. The Bertz CT molecular complexity index is 124. The van der Waals surface area contributed by atoms with Gasteiger partial charge in [0, 0.05) is 0 Å². The van der Waals surface area contributed by atoms with Crippen molar-refractivity contribution in [3.63, 3.8) is 0 Å². The molecule has 1 heterocycles. The second kappa shape index (κ2) is 3.05. The van der Waals surface area contributed by atoms with E-state index in [1.165, 1.54) is 4.90 Å². The Hall–Kier alpha value is -0.180. The zero-order chi connectivity index (χ0) is 8.48. The summed E-state index contributed by atoms with van der Waals surface area (Å²) >= 11 is 0. The molecule has 1 rings (SSSR count). The summed E-state index contributed by atoms with van der Waals surface area (Å²) in [6.07, 6.45) is 0.140. The van der Waals surface area contributed by atoms with Crippen molar-refractivity contribution in [3.05, 3.63) is 0 Å². The van der Waals surface area contributed by atoms with E-state index in [4.69, 9.17) is 0 Å². The standard InChI is InChI=1S/C8H15F2N/c1-7(2)11-5-3-8(9,10)4-6-11/h7H,3-6H2,1-2H3/p+1. The third-order valence-electron chi connectivity index (χ3n) is 2.44. The first-order valence-electron chi connectivity index (χ1n) is 4.24. The fourth-order valence-electron chi connectivity index (χ4n) is 1.51. The Kier molecular flexibility index (Phi) is 2.47. The molecule has 0 amide bonds. The van der Waals surface area contributed by atoms with Gasteiger partial charge in [0.1, 0.15) is 0 Å². The van der Waals surface area contributed by atoms with Crippen molar-refractivity contribution in [1.82, 2.24) is 0 Å². The number of nitrogens with one attached hydrogen (secondary N) is 1. The first-order chi connectivity index (χ1) is 5.01. The van der Waals surface area contributed by atoms with Crippen LogP contribution >= 0.6 is 0 Å². The van der Waals surface area contributed by atoms with Gasteiger partial charge in [-0.2, -0.15) is 0 Å². The second-order valence-corrected chi connectivity index (χ2v) is 3.67. The van der Waals surface area contributed by atoms with Crippen LogP contribution in [0.25, 0.3) is 0 Å². The van der Waals surface area contributed by atoms with Gasteiger partial charge in [0.05, 0.1) is 32.0 Å². The Morgan fingerprint density at radius 2 is 1.64 bits per heavy atom. The van der Waals surface area contributed by atoms with E-state index in [-0.39, 0.29) is 12.8 Å². The zero-order valence-electron chi connectivity index (χ0n) is 7.16. The van der Waals surface area contributed by atoms with E-state index in [2.05, 4.69) is 13.8 Å². The monoisotopic (exact) mass is 164 g/mol. The molecule has 1 aliphatic rings. The number of piperidine rings is 1. The van der Waals surface area contributed by atoms with Gasteiger partial charge in [-0.1, -0.05) is 0 Å². The number of likely N-dealkylation sites (tertiary alicyclic amines) is 1. The van der Waals surface area contributed by atoms with Crippen LogP contribution in [0.5, 0.6) is 0 Å². The molecule has 0 aromatic carbocycles. The van der Waals surface area contributed by atoms with Crippen LogP contribution in [0.2, 0.25) is 0 Å². The molecule has 1 aliphatic heterocycles. The average molecular weight is 164 g/mol. The van der Waals surface area contributed by atoms with E-state index >= 15 is 0 Å². The van der Waals surface area contributed by atoms with Crippen molar-refractivity contribution in [2.24, 2.45) is 0 Å². The molecule has 0 saturated carbocycles. The van der Waals surface area contributed by atoms with Gasteiger partial charge in [0.25, 0.3) is 5.92 Å². The molecular weight excluding hydrogens is 148 g/mol. The Balaban J connectivity index is 2.36. The first-order valence-corrected chi connectivity index (χ1v) is 4.24. The third kappa shape index (κ3) is 2.40. The maximum atomic E-state index is 12.6. The quantitative estimate of drug-likeness (QED) is 0.582. The molecule has 0 unspecified atom stereocenters. The SMILES string of the molecule is CC(C)[NH+]1CCC(F)(F)CC1. The van der Waals surface area contributed by atoms with Crippen molar-refractivity contribution >= 4 is 0 Å². The number of quaternary nitrogens is 1. The number of halogens is 2. The highest BCUT2D eigenvalue weighted by Gasteiger charge is 2.37. The van der Waals surface area contributed by atoms with E-state index in [1.807, 2.05) is 0 Å². The van der Waals surface area contributed by atoms with Gasteiger partial charge in [-0.15, -0.1) is 0 Å². The minimum atomic E-state index is -2.38. The maximum Gasteiger partial charge on any atom is 0.258 e. The number of hydrogen-bond donors (Lipinski definition) is 1. The minimum Gasteiger partial charge on any atom is -0.333 e. The van der Waals surface area contributed by atoms with Crippen LogP contribution in [0.15, 0.2) is 0 Å². The smallest absolute Gasteiger partial charge is 0.258 e. The maximum absolute atomic E-state index is 12.6. The number of alkyl halides is 2. The summed E-state index contributed by atoms with van der Waals surface area (Å²) in [5, 5.41) is 0. The molecule has 1 saturated heterocycles. The van der Waals surface area contributed by atoms with E-state index in [0.29, 0.717) is 19.1 Å². The Labute approximate surface area is 66.4 Å². The summed E-state index contributed by atoms with van der Waals surface area (Å²) in [5.41, 5.74) is 0. The highest BCUT2D eigenvalue weighted by molar-refractivity contribution is 4.68. The predicted octanol–water partition coefficient (Wildman–Crippen LogP) is 0.709. The topological polar surface area (TPSA) is 4.44 Å². The zero-order valence-corrected chi connectivity index (χ0v) is 7.16. The minimum absolute atomic E-state index is 0.0700. The van der Waals surface area contributed by atoms with E-state index in [1.54, 1.807) is 0 Å². The van der Waals surface area contributed by atoms with Gasteiger partial charge in [-0.3, -0.25) is 0 Å². The summed E-state index contributed by atoms with van der Waals surface area (Å²) in [5.74, 6) is -2.38. The molecule has 3 heteroatoms. The lowest BCUT2D eigenvalue weighted by Crippen LogP contribution is -3.16. The van der Waals surface area contributed by atoms with Crippen LogP contribution in [0.4, 0.5) is 8.78 Å². The van der Waals surface area contributed by atoms with Gasteiger partial charge >= 0.3 is 0 Å². The van der Waals surface area contributed by atoms with Crippen LogP contribution in [0, 0.1) is 0 Å². The summed E-state index contributed by atoms with van der Waals surface area (Å²) in [4.78, 5) is 1.32. The molecule has 1 fully saturated rings. The number of rotatable bonds is 1. The van der Waals surface area contributed by atoms with E-state index in [9.17, 15) is 8.78 Å². The summed E-state index contributed by atoms with van der Waals surface area (Å²) in [6, 6.07) is 0.492. The number of hydrogen-bond acceptors (Lipinski definition) is 0. The van der Waals surface area contributed by atoms with Crippen molar-refractivity contribution in [2.45, 2.75) is 38.7 Å². The van der Waals surface area contributed by atoms with E-state index in [0.717, 1.165) is 0 Å². The lowest BCUT2D eigenvalue weighted by molar-refractivity contribution is -0.928. The molecule has 1 nitrogen and oxygen atoms in total. The van der Waals surface area contributed by atoms with Crippen molar-refractivity contribution in [2.75, 3.05) is 13.1 Å². The van der Waals surface area contributed by atoms with Gasteiger partial charge in [-0.05, 0) is 13.8 Å². The molecular formula is C8H16F2N+. The lowest BCUT2D eigenvalue weighted by atomic mass is 10.1. The summed E-state index contributed by atoms with van der Waals surface area (Å²) < 4.78 is 25.3. The summed E-state index contributed by atoms with van der Waals surface area (Å²) in [7, 11) is 0. The van der Waals surface area contributed by atoms with Crippen LogP contribution < -0.4 is 4.90 Å². The highest BCUT2D eigenvalue weighted by Crippen LogP contribution is 2.22. The molecule has 0 bridgehead atoms. The molecule has 0 aromatic rings. The largest absolute Gasteiger partial charge is 0.333 e. The van der Waals surface area contributed by atoms with Crippen LogP contribution in [0.3, 0.4) is 0 Å². The van der Waals surface area contributed by atoms with Crippen LogP contribution in [-0.4, -0.2) is 25.1 Å². The average Bonchev–Trinajstić information content (AvgIpc) is 1.86. The van der Waals surface area contributed by atoms with E-state index < -0.39 is 5.92 Å². The van der Waals surface area contributed by atoms with Gasteiger partial charge in [0.15, 0.2) is 0 Å². The molecule has 11 heavy (non-hydrogen) atoms. The van der Waals surface area contributed by atoms with Crippen molar-refractivity contribution in [1.29, 1.82) is 0 Å². The van der Waals surface area contributed by atoms with Crippen molar-refractivity contribution < 1.29 is 13.7 Å². The normalized spacial score (nSPS) is 25.9. The predicted molar refractivity (Wildman–Crippen MR) is 40.0 cm³/mol.